The summed E-state index contributed by atoms with van der Waals surface area (Å²) < 4.78 is 27.3. The average molecular weight is 1400 g/mol. The number of phenols is 4. The third-order valence-electron chi connectivity index (χ3n) is 21.0. The monoisotopic (exact) mass is 1400 g/mol. The molecule has 25 aromatic rings. The minimum Gasteiger partial charge on any atom is -0.507 e. The van der Waals surface area contributed by atoms with E-state index in [2.05, 4.69) is 109 Å². The Morgan fingerprint density at radius 1 is 0.185 bits per heavy atom. The first-order valence-electron chi connectivity index (χ1n) is 35.6. The number of hydrogen-bond acceptors (Lipinski definition) is 12. The second-order valence-corrected chi connectivity index (χ2v) is 27.2. The predicted octanol–water partition coefficient (Wildman–Crippen LogP) is 23.9. The topological polar surface area (TPSA) is 169 Å². The largest absolute Gasteiger partial charge is 0.507 e. The van der Waals surface area contributed by atoms with Crippen LogP contribution in [0, 0.1) is 0 Å². The van der Waals surface area contributed by atoms with E-state index in [4.69, 9.17) is 38.9 Å². The highest BCUT2D eigenvalue weighted by atomic mass is 16.7. The summed E-state index contributed by atoms with van der Waals surface area (Å²) in [5, 5.41) is 72.9. The summed E-state index contributed by atoms with van der Waals surface area (Å²) in [5.74, 6) is 2.34. The normalized spacial score (nSPS) is 12.3. The van der Waals surface area contributed by atoms with Crippen molar-refractivity contribution in [1.82, 2.24) is 19.9 Å². The van der Waals surface area contributed by atoms with Crippen LogP contribution in [0.15, 0.2) is 316 Å². The van der Waals surface area contributed by atoms with Crippen molar-refractivity contribution < 1.29 is 39.4 Å². The summed E-state index contributed by atoms with van der Waals surface area (Å²) in [6.45, 7) is -0.284. The Balaban J connectivity index is 0.875. The lowest BCUT2D eigenvalue weighted by Crippen LogP contribution is -2.04. The van der Waals surface area contributed by atoms with Crippen molar-refractivity contribution in [2.24, 2.45) is 0 Å². The zero-order chi connectivity index (χ0) is 72.1. The van der Waals surface area contributed by atoms with Gasteiger partial charge in [0, 0.05) is 100 Å². The highest BCUT2D eigenvalue weighted by Crippen LogP contribution is 2.51. The van der Waals surface area contributed by atoms with Crippen LogP contribution in [0.2, 0.25) is 0 Å². The van der Waals surface area contributed by atoms with E-state index in [9.17, 15) is 20.4 Å². The molecule has 0 radical (unpaired) electrons. The molecule has 0 spiro atoms. The minimum atomic E-state index is -0.142. The molecule has 12 nitrogen and oxygen atoms in total. The fourth-order valence-corrected chi connectivity index (χ4v) is 15.8. The third kappa shape index (κ3) is 10.7. The van der Waals surface area contributed by atoms with Crippen LogP contribution in [-0.4, -0.2) is 53.9 Å². The van der Waals surface area contributed by atoms with Crippen LogP contribution >= 0.6 is 0 Å². The molecule has 0 aliphatic carbocycles. The maximum atomic E-state index is 12.3. The van der Waals surface area contributed by atoms with Gasteiger partial charge in [0.25, 0.3) is 0 Å². The number of rotatable bonds is 0. The fraction of sp³-hybridized carbons (Fsp3) is 0.0208. The Hall–Kier alpha value is -14.6. The summed E-state index contributed by atoms with van der Waals surface area (Å²) in [5.41, 5.74) is 2.37. The summed E-state index contributed by atoms with van der Waals surface area (Å²) in [6.07, 6.45) is 6.65. The van der Waals surface area contributed by atoms with Crippen LogP contribution in [-0.2, 0) is 0 Å². The van der Waals surface area contributed by atoms with Crippen LogP contribution in [0.5, 0.6) is 46.0 Å². The van der Waals surface area contributed by atoms with Crippen LogP contribution in [0.25, 0.3) is 184 Å². The predicted molar refractivity (Wildman–Crippen MR) is 440 cm³/mol. The summed E-state index contributed by atoms with van der Waals surface area (Å²) in [4.78, 5) is 20.3. The van der Waals surface area contributed by atoms with Crippen LogP contribution in [0.1, 0.15) is 0 Å². The van der Waals surface area contributed by atoms with E-state index >= 15 is 0 Å². The quantitative estimate of drug-likeness (QED) is 0.114. The lowest BCUT2D eigenvalue weighted by Gasteiger charge is -2.12. The molecule has 17 aromatic carbocycles. The molecular weight excluding hydrogens is 1340 g/mol. The second-order valence-electron chi connectivity index (χ2n) is 27.2. The maximum absolute atomic E-state index is 12.3. The number of para-hydroxylation sites is 2. The molecule has 0 amide bonds. The summed E-state index contributed by atoms with van der Waals surface area (Å²) >= 11 is 0. The smallest absolute Gasteiger partial charge is 0.231 e. The molecule has 0 unspecified atom stereocenters. The molecule has 20 bridgehead atoms. The molecule has 0 saturated carbocycles. The lowest BCUT2D eigenvalue weighted by molar-refractivity contribution is 0.128. The van der Waals surface area contributed by atoms with Gasteiger partial charge in [-0.3, -0.25) is 19.9 Å². The molecule has 12 heteroatoms. The Morgan fingerprint density at radius 3 is 0.676 bits per heavy atom. The molecule has 0 atom stereocenters. The molecule has 8 aromatic heterocycles. The number of aromatic hydroxyl groups is 4. The number of ether oxygens (including phenoxy) is 4. The van der Waals surface area contributed by atoms with Crippen LogP contribution < -0.4 is 18.9 Å². The summed E-state index contributed by atoms with van der Waals surface area (Å²) in [6, 6.07) is 95.5. The zero-order valence-corrected chi connectivity index (χ0v) is 57.6. The first-order valence-corrected chi connectivity index (χ1v) is 35.6. The number of hydrogen-bond donors (Lipinski definition) is 4. The minimum absolute atomic E-state index is 0.00262. The number of phenolic OH excluding ortho intramolecular Hbond substituents is 4. The van der Waals surface area contributed by atoms with Crippen molar-refractivity contribution in [3.8, 4) is 46.0 Å². The molecule has 0 fully saturated rings. The number of benzene rings is 17. The highest BCUT2D eigenvalue weighted by molar-refractivity contribution is 6.29. The van der Waals surface area contributed by atoms with Crippen molar-refractivity contribution in [2.45, 2.75) is 0 Å². The van der Waals surface area contributed by atoms with E-state index in [1.807, 2.05) is 158 Å². The Kier molecular flexibility index (Phi) is 15.0. The van der Waals surface area contributed by atoms with Gasteiger partial charge in [0.15, 0.2) is 0 Å². The summed E-state index contributed by atoms with van der Waals surface area (Å²) in [7, 11) is 0. The molecule has 2 aliphatic heterocycles. The second kappa shape index (κ2) is 25.7. The Bertz CT molecular complexity index is 7090. The van der Waals surface area contributed by atoms with Gasteiger partial charge >= 0.3 is 0 Å². The van der Waals surface area contributed by atoms with Crippen molar-refractivity contribution in [3.63, 3.8) is 0 Å². The van der Waals surface area contributed by atoms with Gasteiger partial charge in [-0.2, -0.15) is 0 Å². The van der Waals surface area contributed by atoms with Gasteiger partial charge in [-0.15, -0.1) is 0 Å². The Morgan fingerprint density at radius 2 is 0.398 bits per heavy atom. The number of nitrogens with zero attached hydrogens (tertiary/aromatic N) is 4. The number of fused-ring (bicyclic) bond motifs is 6. The van der Waals surface area contributed by atoms with Crippen molar-refractivity contribution in [2.75, 3.05) is 13.6 Å². The maximum Gasteiger partial charge on any atom is 0.231 e. The van der Waals surface area contributed by atoms with Gasteiger partial charge in [-0.1, -0.05) is 194 Å². The van der Waals surface area contributed by atoms with E-state index in [0.29, 0.717) is 88.2 Å². The average Bonchev–Trinajstić information content (AvgIpc) is 1.30. The van der Waals surface area contributed by atoms with Gasteiger partial charge in [-0.25, -0.2) is 0 Å². The van der Waals surface area contributed by atoms with E-state index in [1.54, 1.807) is 49.1 Å². The standard InChI is InChI=1S/C96H60N4O8/c101-83-45-61-29-33-65(83)49-97-79-27-13-14-28-80(79)98-50-66-34-30-62(46-84(66)102)76-42-58-18-4-10-24-72(58)90-92-74-26-12-6-20-60(74)44-78(96(92)108-54-106-94(76)90)64-32-36-68(86(104)48-64)52-100-82-40-38-56-16-2-8-22-70(56)88(82)87-69-21-7-1-15-55(69)37-39-81(87)99-51-67-35-31-63(47-85(67)103)77-43-59-19-5-11-25-73(59)91-89-71-23-9-3-17-57(71)41-75(61)93(89)105-53-107-95(77)91/h1-52,101-104H,53-54H2. The zero-order valence-electron chi connectivity index (χ0n) is 57.6. The first kappa shape index (κ1) is 63.1. The van der Waals surface area contributed by atoms with E-state index in [-0.39, 0.29) is 36.6 Å². The van der Waals surface area contributed by atoms with Crippen LogP contribution in [0.3, 0.4) is 0 Å². The third-order valence-corrected chi connectivity index (χ3v) is 21.0. The molecule has 0 saturated heterocycles. The molecule has 27 rings (SSSR count). The van der Waals surface area contributed by atoms with Crippen molar-refractivity contribution in [1.29, 1.82) is 0 Å². The SMILES string of the molecule is Oc1cc2ccc1cnc1ccccc1ncc1ccc(cc1O)c1cc3ccccc3c3c1OCOc1c(cc4ccccc4c13)c1ccc(cnc3ccc4ccccc4c3c3c(ccc4ccccc43)ncc3ccc(cc3O)c3cc4ccccc4c4c3OCOc3c2cc2ccccc2c34)c(O)c1. The van der Waals surface area contributed by atoms with Crippen LogP contribution in [0.4, 0.5) is 0 Å². The van der Waals surface area contributed by atoms with Crippen molar-refractivity contribution in [3.05, 3.63) is 316 Å². The van der Waals surface area contributed by atoms with Gasteiger partial charge in [-0.05, 0) is 183 Å². The van der Waals surface area contributed by atoms with Crippen molar-refractivity contribution >= 4 is 184 Å². The lowest BCUT2D eigenvalue weighted by atomic mass is 9.94. The van der Waals surface area contributed by atoms with E-state index in [1.165, 1.54) is 0 Å². The molecule has 108 heavy (non-hydrogen) atoms. The van der Waals surface area contributed by atoms with E-state index < -0.39 is 0 Å². The molecule has 4 N–H and O–H groups in total. The molecule has 2 aliphatic rings. The first-order chi connectivity index (χ1) is 53.2. The Labute approximate surface area is 614 Å². The van der Waals surface area contributed by atoms with Gasteiger partial charge in [0.05, 0.1) is 22.1 Å². The highest BCUT2D eigenvalue weighted by Gasteiger charge is 2.24. The fourth-order valence-electron chi connectivity index (χ4n) is 15.8. The van der Waals surface area contributed by atoms with Gasteiger partial charge in [0.1, 0.15) is 46.0 Å². The van der Waals surface area contributed by atoms with E-state index in [0.717, 1.165) is 118 Å². The van der Waals surface area contributed by atoms with Gasteiger partial charge in [0.2, 0.25) is 13.6 Å². The molecule has 10 heterocycles. The van der Waals surface area contributed by atoms with Gasteiger partial charge < -0.3 is 39.4 Å². The number of aromatic nitrogens is 4. The molecular formula is C96H60N4O8. The molecule has 512 valence electrons.